The van der Waals surface area contributed by atoms with Crippen molar-refractivity contribution in [3.8, 4) is 0 Å². The van der Waals surface area contributed by atoms with Crippen molar-refractivity contribution in [3.05, 3.63) is 35.9 Å². The molecule has 0 aromatic heterocycles. The molecule has 1 unspecified atom stereocenters. The highest BCUT2D eigenvalue weighted by Crippen LogP contribution is 2.38. The Kier molecular flexibility index (Phi) is 6.04. The summed E-state index contributed by atoms with van der Waals surface area (Å²) >= 11 is 10.6. The predicted molar refractivity (Wildman–Crippen MR) is 89.6 cm³/mol. The van der Waals surface area contributed by atoms with E-state index in [2.05, 4.69) is 58.0 Å². The second-order valence-corrected chi connectivity index (χ2v) is 11.4. The number of nitrogens with zero attached hydrogens (tertiary/aromatic N) is 1. The lowest BCUT2D eigenvalue weighted by molar-refractivity contribution is 0.0121. The molecule has 1 fully saturated rings. The van der Waals surface area contributed by atoms with Gasteiger partial charge in [-0.3, -0.25) is 9.69 Å². The largest absolute Gasteiger partial charge is 0.379 e. The Morgan fingerprint density at radius 3 is 2.35 bits per heavy atom. The highest BCUT2D eigenvalue weighted by atomic mass is 80.0. The summed E-state index contributed by atoms with van der Waals surface area (Å²) in [4.78, 5) is 14.5. The number of carbonyl (C=O) groups is 1. The van der Waals surface area contributed by atoms with E-state index in [9.17, 15) is 4.79 Å². The molecule has 7 heteroatoms. The minimum Gasteiger partial charge on any atom is -0.379 e. The van der Waals surface area contributed by atoms with Gasteiger partial charge in [-0.1, -0.05) is 66.0 Å². The van der Waals surface area contributed by atoms with Gasteiger partial charge in [0.15, 0.2) is 2.14 Å². The molecule has 1 atom stereocenters. The molecule has 0 aliphatic carbocycles. The number of morpholine rings is 1. The van der Waals surface area contributed by atoms with Gasteiger partial charge < -0.3 is 10.1 Å². The quantitative estimate of drug-likeness (QED) is 0.691. The first-order valence-corrected chi connectivity index (χ1v) is 8.61. The van der Waals surface area contributed by atoms with Crippen molar-refractivity contribution in [1.82, 2.24) is 10.2 Å². The highest BCUT2D eigenvalue weighted by Gasteiger charge is 2.37. The summed E-state index contributed by atoms with van der Waals surface area (Å²) in [6.45, 7) is 2.87. The van der Waals surface area contributed by atoms with Crippen LogP contribution in [0.25, 0.3) is 0 Å². The zero-order chi connectivity index (χ0) is 14.6. The maximum Gasteiger partial charge on any atom is 0.252 e. The van der Waals surface area contributed by atoms with E-state index in [-0.39, 0.29) is 12.1 Å². The number of halogens is 3. The summed E-state index contributed by atoms with van der Waals surface area (Å²) in [5.41, 5.74) is 0.641. The van der Waals surface area contributed by atoms with Gasteiger partial charge in [0.25, 0.3) is 5.91 Å². The molecule has 0 bridgehead atoms. The van der Waals surface area contributed by atoms with E-state index < -0.39 is 2.14 Å². The maximum absolute atomic E-state index is 12.3. The van der Waals surface area contributed by atoms with Crippen molar-refractivity contribution in [1.29, 1.82) is 0 Å². The van der Waals surface area contributed by atoms with Crippen LogP contribution in [0.5, 0.6) is 0 Å². The summed E-state index contributed by atoms with van der Waals surface area (Å²) in [6, 6.07) is 9.18. The van der Waals surface area contributed by atoms with Crippen LogP contribution >= 0.6 is 47.8 Å². The Labute approximate surface area is 143 Å². The standard InChI is InChI=1S/C13H15Br3N2O2/c14-13(15,16)12(18-6-8-20-9-7-18)17-11(19)10-4-2-1-3-5-10/h1-5,12H,6-9H2,(H,17,19). The molecule has 1 amide bonds. The SMILES string of the molecule is O=C(NC(N1CCOCC1)C(Br)(Br)Br)c1ccccc1. The van der Waals surface area contributed by atoms with E-state index in [0.717, 1.165) is 13.1 Å². The Morgan fingerprint density at radius 2 is 1.80 bits per heavy atom. The molecule has 4 nitrogen and oxygen atoms in total. The van der Waals surface area contributed by atoms with Gasteiger partial charge in [-0.2, -0.15) is 0 Å². The van der Waals surface area contributed by atoms with Crippen LogP contribution in [0.15, 0.2) is 30.3 Å². The van der Waals surface area contributed by atoms with E-state index in [0.29, 0.717) is 18.8 Å². The van der Waals surface area contributed by atoms with Crippen molar-refractivity contribution in [2.24, 2.45) is 0 Å². The maximum atomic E-state index is 12.3. The van der Waals surface area contributed by atoms with Crippen LogP contribution in [0.3, 0.4) is 0 Å². The lowest BCUT2D eigenvalue weighted by Gasteiger charge is -2.39. The fraction of sp³-hybridized carbons (Fsp3) is 0.462. The van der Waals surface area contributed by atoms with Gasteiger partial charge in [0.2, 0.25) is 0 Å². The molecule has 1 aliphatic rings. The number of hydrogen-bond donors (Lipinski definition) is 1. The zero-order valence-corrected chi connectivity index (χ0v) is 15.4. The average Bonchev–Trinajstić information content (AvgIpc) is 2.45. The number of amides is 1. The Morgan fingerprint density at radius 1 is 1.20 bits per heavy atom. The number of rotatable bonds is 3. The minimum atomic E-state index is -0.589. The van der Waals surface area contributed by atoms with E-state index in [1.54, 1.807) is 12.1 Å². The van der Waals surface area contributed by atoms with Crippen LogP contribution in [-0.4, -0.2) is 45.4 Å². The molecular formula is C13H15Br3N2O2. The number of ether oxygens (including phenoxy) is 1. The van der Waals surface area contributed by atoms with Gasteiger partial charge in [0.05, 0.1) is 13.2 Å². The van der Waals surface area contributed by atoms with Crippen LogP contribution in [0.1, 0.15) is 10.4 Å². The third kappa shape index (κ3) is 4.53. The van der Waals surface area contributed by atoms with E-state index in [1.807, 2.05) is 18.2 Å². The lowest BCUT2D eigenvalue weighted by Crippen LogP contribution is -2.57. The van der Waals surface area contributed by atoms with Crippen molar-refractivity contribution < 1.29 is 9.53 Å². The van der Waals surface area contributed by atoms with E-state index >= 15 is 0 Å². The highest BCUT2D eigenvalue weighted by molar-refractivity contribution is 9.39. The smallest absolute Gasteiger partial charge is 0.252 e. The molecule has 1 saturated heterocycles. The Balaban J connectivity index is 2.10. The molecule has 2 rings (SSSR count). The van der Waals surface area contributed by atoms with Gasteiger partial charge >= 0.3 is 0 Å². The first-order valence-electron chi connectivity index (χ1n) is 6.23. The van der Waals surface area contributed by atoms with E-state index in [4.69, 9.17) is 4.74 Å². The summed E-state index contributed by atoms with van der Waals surface area (Å²) in [6.07, 6.45) is -0.237. The van der Waals surface area contributed by atoms with Crippen molar-refractivity contribution in [3.63, 3.8) is 0 Å². The van der Waals surface area contributed by atoms with E-state index in [1.165, 1.54) is 0 Å². The van der Waals surface area contributed by atoms with Crippen LogP contribution in [-0.2, 0) is 4.74 Å². The average molecular weight is 471 g/mol. The number of benzene rings is 1. The molecule has 1 aromatic carbocycles. The minimum absolute atomic E-state index is 0.107. The fourth-order valence-corrected chi connectivity index (χ4v) is 3.22. The zero-order valence-electron chi connectivity index (χ0n) is 10.7. The third-order valence-corrected chi connectivity index (χ3v) is 4.33. The first kappa shape index (κ1) is 16.4. The van der Waals surface area contributed by atoms with Crippen LogP contribution < -0.4 is 5.32 Å². The molecule has 1 N–H and O–H groups in total. The van der Waals surface area contributed by atoms with Crippen molar-refractivity contribution in [2.45, 2.75) is 8.31 Å². The molecule has 1 aromatic rings. The molecule has 0 radical (unpaired) electrons. The monoisotopic (exact) mass is 468 g/mol. The van der Waals surface area contributed by atoms with Gasteiger partial charge in [0, 0.05) is 18.7 Å². The predicted octanol–water partition coefficient (Wildman–Crippen LogP) is 2.91. The molecule has 1 heterocycles. The van der Waals surface area contributed by atoms with Crippen molar-refractivity contribution >= 4 is 53.7 Å². The summed E-state index contributed by atoms with van der Waals surface area (Å²) in [5.74, 6) is -0.107. The Hall–Kier alpha value is 0.0500. The summed E-state index contributed by atoms with van der Waals surface area (Å²) in [5, 5.41) is 3.03. The normalized spacial score (nSPS) is 18.6. The molecular weight excluding hydrogens is 456 g/mol. The van der Waals surface area contributed by atoms with Crippen LogP contribution in [0.2, 0.25) is 0 Å². The fourth-order valence-electron chi connectivity index (χ4n) is 2.01. The summed E-state index contributed by atoms with van der Waals surface area (Å²) < 4.78 is 4.76. The van der Waals surface area contributed by atoms with Crippen LogP contribution in [0.4, 0.5) is 0 Å². The van der Waals surface area contributed by atoms with Crippen LogP contribution in [0, 0.1) is 0 Å². The van der Waals surface area contributed by atoms with Gasteiger partial charge in [-0.25, -0.2) is 0 Å². The molecule has 1 aliphatic heterocycles. The lowest BCUT2D eigenvalue weighted by atomic mass is 10.2. The molecule has 20 heavy (non-hydrogen) atoms. The van der Waals surface area contributed by atoms with Gasteiger partial charge in [-0.05, 0) is 12.1 Å². The number of hydrogen-bond acceptors (Lipinski definition) is 3. The van der Waals surface area contributed by atoms with Gasteiger partial charge in [0.1, 0.15) is 6.17 Å². The molecule has 0 spiro atoms. The van der Waals surface area contributed by atoms with Gasteiger partial charge in [-0.15, -0.1) is 0 Å². The number of nitrogens with one attached hydrogen (secondary N) is 1. The second-order valence-electron chi connectivity index (χ2n) is 4.43. The number of carbonyl (C=O) groups excluding carboxylic acids is 1. The summed E-state index contributed by atoms with van der Waals surface area (Å²) in [7, 11) is 0. The molecule has 0 saturated carbocycles. The Bertz CT molecular complexity index is 445. The topological polar surface area (TPSA) is 41.6 Å². The second kappa shape index (κ2) is 7.35. The molecule has 110 valence electrons. The number of alkyl halides is 3. The van der Waals surface area contributed by atoms with Crippen molar-refractivity contribution in [2.75, 3.05) is 26.3 Å². The third-order valence-electron chi connectivity index (χ3n) is 3.02. The first-order chi connectivity index (χ1) is 9.48.